The van der Waals surface area contributed by atoms with E-state index in [1.807, 2.05) is 180 Å². The maximum absolute atomic E-state index is 12.4. The Hall–Kier alpha value is -6.77. The second-order valence-corrected chi connectivity index (χ2v) is 52.8. The first-order valence-electron chi connectivity index (χ1n) is 52.4. The lowest BCUT2D eigenvalue weighted by Crippen LogP contribution is -2.42. The Kier molecular flexibility index (Phi) is 49.1. The number of ether oxygens (including phenoxy) is 1. The molecule has 0 saturated heterocycles. The van der Waals surface area contributed by atoms with Gasteiger partial charge in [-0.05, 0) is 351 Å². The number of amides is 10. The highest BCUT2D eigenvalue weighted by atomic mass is 19.3. The molecule has 10 amide bonds. The molecule has 14 saturated carbocycles. The lowest BCUT2D eigenvalue weighted by molar-refractivity contribution is -0.143. The van der Waals surface area contributed by atoms with E-state index >= 15 is 0 Å². The van der Waals surface area contributed by atoms with E-state index in [0.717, 1.165) is 81.5 Å². The van der Waals surface area contributed by atoms with Crippen molar-refractivity contribution in [3.05, 3.63) is 0 Å². The first-order valence-corrected chi connectivity index (χ1v) is 52.4. The number of Topliss-reactive ketones (excluding diaryl/α,β-unsaturated/α-hetero) is 2. The van der Waals surface area contributed by atoms with Gasteiger partial charge in [-0.3, -0.25) is 62.3 Å². The third-order valence-electron chi connectivity index (χ3n) is 24.7. The van der Waals surface area contributed by atoms with Crippen molar-refractivity contribution in [2.45, 2.75) is 493 Å². The molecule has 15 atom stereocenters. The number of rotatable bonds is 21. The largest absolute Gasteiger partial charge is 0.469 e. The average Bonchev–Trinajstić information content (AvgIpc) is 1.54. The summed E-state index contributed by atoms with van der Waals surface area (Å²) >= 11 is 0. The zero-order valence-electron chi connectivity index (χ0n) is 93.5. The predicted molar refractivity (Wildman–Crippen MR) is 545 cm³/mol. The summed E-state index contributed by atoms with van der Waals surface area (Å²) in [4.78, 5) is 144. The number of esters is 1. The number of ketones is 2. The van der Waals surface area contributed by atoms with Gasteiger partial charge in [0.05, 0.1) is 25.4 Å². The minimum absolute atomic E-state index is 0.0370. The molecule has 2 spiro atoms. The van der Waals surface area contributed by atoms with Gasteiger partial charge in [-0.25, -0.2) is 17.6 Å². The third-order valence-corrected chi connectivity index (χ3v) is 24.7. The normalized spacial score (nSPS) is 26.0. The van der Waals surface area contributed by atoms with Gasteiger partial charge in [0.25, 0.3) is 5.92 Å². The molecule has 28 heteroatoms. The summed E-state index contributed by atoms with van der Waals surface area (Å²) in [5.74, 6) is 4.04. The van der Waals surface area contributed by atoms with Crippen molar-refractivity contribution in [2.24, 2.45) is 122 Å². The predicted octanol–water partition coefficient (Wildman–Crippen LogP) is 20.2. The number of hydrogen-bond acceptors (Lipinski definition) is 14. The zero-order chi connectivity index (χ0) is 107. The van der Waals surface area contributed by atoms with E-state index < -0.39 is 35.6 Å². The molecule has 14 rings (SSSR count). The Morgan fingerprint density at radius 3 is 0.819 bits per heavy atom. The number of hydrogen-bond donors (Lipinski definition) is 10. The fourth-order valence-corrected chi connectivity index (χ4v) is 15.8. The second kappa shape index (κ2) is 53.2. The molecular weight excluding hydrogens is 1760 g/mol. The Morgan fingerprint density at radius 2 is 0.623 bits per heavy atom. The van der Waals surface area contributed by atoms with Crippen LogP contribution in [0.15, 0.2) is 0 Å². The number of carbonyl (C=O) groups is 13. The molecule has 14 fully saturated rings. The van der Waals surface area contributed by atoms with Crippen LogP contribution in [0.3, 0.4) is 0 Å². The summed E-state index contributed by atoms with van der Waals surface area (Å²) in [6.07, 6.45) is 22.4. The van der Waals surface area contributed by atoms with Crippen LogP contribution in [0.25, 0.3) is 0 Å². The van der Waals surface area contributed by atoms with E-state index in [0.29, 0.717) is 144 Å². The molecule has 0 aliphatic heterocycles. The fourth-order valence-electron chi connectivity index (χ4n) is 15.8. The summed E-state index contributed by atoms with van der Waals surface area (Å²) < 4.78 is 53.9. The first-order chi connectivity index (χ1) is 62.5. The maximum atomic E-state index is 12.4. The highest BCUT2D eigenvalue weighted by molar-refractivity contribution is 5.87. The summed E-state index contributed by atoms with van der Waals surface area (Å²) in [6.45, 7) is 75.0. The van der Waals surface area contributed by atoms with E-state index in [1.165, 1.54) is 71.8 Å². The lowest BCUT2D eigenvalue weighted by Gasteiger charge is -2.26. The van der Waals surface area contributed by atoms with Crippen LogP contribution in [-0.4, -0.2) is 160 Å². The van der Waals surface area contributed by atoms with Gasteiger partial charge >= 0.3 is 5.97 Å². The minimum Gasteiger partial charge on any atom is -0.469 e. The first kappa shape index (κ1) is 127. The van der Waals surface area contributed by atoms with E-state index in [9.17, 15) is 79.9 Å². The highest BCUT2D eigenvalue weighted by Gasteiger charge is 2.66. The number of carbonyl (C=O) groups excluding carboxylic acids is 13. The van der Waals surface area contributed by atoms with Gasteiger partial charge < -0.3 is 57.9 Å². The maximum Gasteiger partial charge on any atom is 0.306 e. The van der Waals surface area contributed by atoms with Crippen molar-refractivity contribution >= 4 is 76.6 Å². The van der Waals surface area contributed by atoms with Crippen molar-refractivity contribution < 1.29 is 84.6 Å². The molecule has 0 aromatic heterocycles. The number of methoxy groups -OCH3 is 1. The quantitative estimate of drug-likeness (QED) is 0.0377. The van der Waals surface area contributed by atoms with E-state index in [4.69, 9.17) is 0 Å². The molecule has 800 valence electrons. The van der Waals surface area contributed by atoms with E-state index in [2.05, 4.69) is 113 Å². The third kappa shape index (κ3) is 58.7. The molecule has 10 N–H and O–H groups in total. The number of alkyl halides is 4. The van der Waals surface area contributed by atoms with Crippen molar-refractivity contribution in [3.63, 3.8) is 0 Å². The van der Waals surface area contributed by atoms with Gasteiger partial charge in [-0.2, -0.15) is 0 Å². The monoisotopic (exact) mass is 1960 g/mol. The topological polar surface area (TPSA) is 351 Å². The van der Waals surface area contributed by atoms with Crippen LogP contribution < -0.4 is 53.2 Å². The molecule has 0 aromatic rings. The molecule has 0 heterocycles. The van der Waals surface area contributed by atoms with Gasteiger partial charge in [-0.15, -0.1) is 0 Å². The van der Waals surface area contributed by atoms with Gasteiger partial charge in [0.2, 0.25) is 59.1 Å². The Balaban J connectivity index is 0.000000507. The van der Waals surface area contributed by atoms with Crippen LogP contribution in [0.1, 0.15) is 417 Å². The molecule has 14 aliphatic rings. The molecule has 24 nitrogen and oxygen atoms in total. The fraction of sp³-hybridized carbons (Fsp3) is 0.882. The number of halogens is 4. The van der Waals surface area contributed by atoms with Crippen LogP contribution in [0.2, 0.25) is 0 Å². The molecule has 0 aromatic carbocycles. The molecule has 2 unspecified atom stereocenters. The zero-order valence-corrected chi connectivity index (χ0v) is 93.5. The van der Waals surface area contributed by atoms with Crippen LogP contribution >= 0.6 is 0 Å². The SMILES string of the molecule is CC(=O)NC(C)C.CC(C)(C)CC(=O)C1CC1.CC(C)(C)NC(=O)C1CC1(F)F.CC(C)(C)NC(=O)[C@@H]1C[C@@H]1F.CC(C)(C)NC(=O)[C@H]1C[C@H]1C1CC1.CC(C)(C)NC(=O)[C@H]1C[C@H]1F.CC(C)NC(=O)C1CC12CC2.CC(C)NC(=O)[C@@H]1C[C@H]1C.CC(C)NC(=O)[C@H]1CC12CCC2.CC(C)NC(=O)[C@H]1C[C@@H]1C1CC1.CCC(=O)CC(C)(C)C.COC(=O)CC(C)(C)C.C[C@H]1C[C@@H]1C(=O)NC(C)(C)C. The Bertz CT molecular complexity index is 3790. The van der Waals surface area contributed by atoms with Gasteiger partial charge in [0, 0.05) is 132 Å². The summed E-state index contributed by atoms with van der Waals surface area (Å²) in [5.41, 5.74) is 0.388. The van der Waals surface area contributed by atoms with Crippen molar-refractivity contribution in [2.75, 3.05) is 7.11 Å². The Labute approximate surface area is 832 Å². The van der Waals surface area contributed by atoms with Gasteiger partial charge in [0.15, 0.2) is 0 Å². The smallest absolute Gasteiger partial charge is 0.306 e. The summed E-state index contributed by atoms with van der Waals surface area (Å²) in [5, 5.41) is 28.5. The van der Waals surface area contributed by atoms with Crippen LogP contribution in [0.4, 0.5) is 17.6 Å². The van der Waals surface area contributed by atoms with Crippen molar-refractivity contribution in [3.8, 4) is 0 Å². The lowest BCUT2D eigenvalue weighted by atomic mass is 9.79. The molecular formula is C110H198F4N10O14. The summed E-state index contributed by atoms with van der Waals surface area (Å²) in [6, 6.07) is 1.48. The van der Waals surface area contributed by atoms with Crippen LogP contribution in [0, 0.1) is 122 Å². The molecule has 0 radical (unpaired) electrons. The standard InChI is InChI=1S/C11H19NO.2C10H17NO.C9H15NO.C9H17NO.C9H16O.C8H13F2NO.2C8H14FNO.C8H15NO.C8H16O.C7H14O2.C5H11NO/c1-11(2,3)12-10(13)9-6-8(9)7-4-5-7;1-6(2)11-10(12)9-5-8(9)7-3-4-7;1-7(2)11-9(12)8-6-10(8)4-3-5-10;1-6(2)10-8(11)7-5-9(7)3-4-9;1-6-5-7(6)8(11)10-9(2,3)4;1-9(2,3)6-8(10)7-4-5-7;1-7(2,3)11-6(12)5-4-8(5,9)10;2*1-8(2,3)10-7(11)5-4-6(5)9;1-5(2)9-8(10)7-4-6(7)3;1-5-7(9)6-8(2,3)4;1-7(2,3)5-6(8)9-4;1-4(2)6-5(3)7/h7-9H,4-6H2,1-3H3,(H,12,13);6-9H,3-5H2,1-2H3,(H,11,12);7-8H,3-6H2,1-2H3,(H,11,12);6-7H,3-5H2,1-2H3,(H,10,11);6-7H,5H2,1-4H3,(H,10,11);7H,4-6H2,1-3H3;5H,4H2,1-3H3,(H,11,12);2*5-6H,4H2,1-3H3,(H,10,11);5-7H,4H2,1-3H3,(H,9,10);5-6H2,1-4H3;5H2,1-4H3;4H,1-3H3,(H,6,7)/t8-,9-;8-,9+;8-;;6-,7-;;;2*5-,6+;6-,7-;;;/m011.0..101.../s1. The second-order valence-electron chi connectivity index (χ2n) is 52.8. The van der Waals surface area contributed by atoms with E-state index in [1.54, 1.807) is 20.8 Å². The van der Waals surface area contributed by atoms with Crippen molar-refractivity contribution in [1.29, 1.82) is 0 Å². The van der Waals surface area contributed by atoms with Crippen LogP contribution in [0.5, 0.6) is 0 Å². The van der Waals surface area contributed by atoms with Gasteiger partial charge in [0.1, 0.15) is 29.8 Å². The summed E-state index contributed by atoms with van der Waals surface area (Å²) in [7, 11) is 1.41. The van der Waals surface area contributed by atoms with Gasteiger partial charge in [-0.1, -0.05) is 89.5 Å². The van der Waals surface area contributed by atoms with Crippen molar-refractivity contribution in [1.82, 2.24) is 53.2 Å². The average molecular weight is 1960 g/mol. The van der Waals surface area contributed by atoms with Crippen LogP contribution in [-0.2, 0) is 67.1 Å². The highest BCUT2D eigenvalue weighted by Crippen LogP contribution is 2.70. The Morgan fingerprint density at radius 1 is 0.348 bits per heavy atom. The van der Waals surface area contributed by atoms with E-state index in [-0.39, 0.29) is 110 Å². The molecule has 14 aliphatic carbocycles. The molecule has 0 bridgehead atoms. The molecule has 138 heavy (non-hydrogen) atoms. The number of nitrogens with one attached hydrogen (secondary N) is 10. The minimum atomic E-state index is -2.75.